The van der Waals surface area contributed by atoms with Crippen LogP contribution >= 0.6 is 27.5 Å². The zero-order chi connectivity index (χ0) is 13.1. The molecule has 0 atom stereocenters. The quantitative estimate of drug-likeness (QED) is 0.919. The summed E-state index contributed by atoms with van der Waals surface area (Å²) in [6.07, 6.45) is 4.78. The summed E-state index contributed by atoms with van der Waals surface area (Å²) in [5.74, 6) is -0.136. The molecule has 2 heterocycles. The third kappa shape index (κ3) is 3.11. The van der Waals surface area contributed by atoms with Crippen LogP contribution in [0.1, 0.15) is 5.69 Å². The van der Waals surface area contributed by atoms with E-state index in [1.807, 2.05) is 7.05 Å². The number of rotatable bonds is 4. The van der Waals surface area contributed by atoms with E-state index in [0.717, 1.165) is 10.2 Å². The van der Waals surface area contributed by atoms with Gasteiger partial charge in [0.25, 0.3) is 0 Å². The van der Waals surface area contributed by atoms with Crippen molar-refractivity contribution in [3.63, 3.8) is 0 Å². The molecule has 0 spiro atoms. The van der Waals surface area contributed by atoms with Crippen molar-refractivity contribution in [2.24, 2.45) is 7.05 Å². The van der Waals surface area contributed by atoms with Gasteiger partial charge in [-0.2, -0.15) is 10.2 Å². The average molecular weight is 333 g/mol. The first kappa shape index (κ1) is 13.1. The Kier molecular flexibility index (Phi) is 4.03. The Morgan fingerprint density at radius 3 is 2.83 bits per heavy atom. The molecule has 96 valence electrons. The van der Waals surface area contributed by atoms with Crippen LogP contribution in [0, 0.1) is 0 Å². The fraction of sp³-hybridized carbons (Fsp3) is 0.300. The molecule has 0 saturated heterocycles. The molecular weight excluding hydrogens is 322 g/mol. The Bertz CT molecular complexity index is 545. The van der Waals surface area contributed by atoms with Crippen LogP contribution in [0.4, 0.5) is 0 Å². The number of aryl methyl sites for hydroxylation is 1. The van der Waals surface area contributed by atoms with Gasteiger partial charge in [-0.15, -0.1) is 0 Å². The largest absolute Gasteiger partial charge is 0.349 e. The molecule has 0 aliphatic rings. The van der Waals surface area contributed by atoms with Gasteiger partial charge in [0.1, 0.15) is 6.54 Å². The summed E-state index contributed by atoms with van der Waals surface area (Å²) < 4.78 is 4.05. The molecule has 0 aliphatic carbocycles. The smallest absolute Gasteiger partial charge is 0.242 e. The second-order valence-corrected chi connectivity index (χ2v) is 4.99. The summed E-state index contributed by atoms with van der Waals surface area (Å²) in [4.78, 5) is 11.7. The lowest BCUT2D eigenvalue weighted by Gasteiger charge is -2.06. The first-order chi connectivity index (χ1) is 8.56. The summed E-state index contributed by atoms with van der Waals surface area (Å²) in [7, 11) is 1.82. The highest BCUT2D eigenvalue weighted by Gasteiger charge is 2.08. The SMILES string of the molecule is Cn1ncc(Br)c1CNC(=O)Cn1cc(Cl)cn1. The van der Waals surface area contributed by atoms with Crippen molar-refractivity contribution < 1.29 is 4.79 Å². The van der Waals surface area contributed by atoms with E-state index in [4.69, 9.17) is 11.6 Å². The van der Waals surface area contributed by atoms with E-state index in [0.29, 0.717) is 11.6 Å². The normalized spacial score (nSPS) is 10.6. The van der Waals surface area contributed by atoms with Gasteiger partial charge in [0.2, 0.25) is 5.91 Å². The lowest BCUT2D eigenvalue weighted by Crippen LogP contribution is -2.28. The number of carbonyl (C=O) groups excluding carboxylic acids is 1. The molecule has 2 rings (SSSR count). The van der Waals surface area contributed by atoms with Gasteiger partial charge >= 0.3 is 0 Å². The molecule has 0 saturated carbocycles. The zero-order valence-electron chi connectivity index (χ0n) is 9.60. The second-order valence-electron chi connectivity index (χ2n) is 3.70. The number of nitrogens with one attached hydrogen (secondary N) is 1. The van der Waals surface area contributed by atoms with E-state index in [-0.39, 0.29) is 12.5 Å². The van der Waals surface area contributed by atoms with Crippen molar-refractivity contribution >= 4 is 33.4 Å². The molecule has 1 amide bonds. The molecule has 2 aromatic rings. The number of amides is 1. The molecule has 0 bridgehead atoms. The molecule has 0 radical (unpaired) electrons. The number of aromatic nitrogens is 4. The third-order valence-electron chi connectivity index (χ3n) is 2.37. The van der Waals surface area contributed by atoms with Crippen LogP contribution in [0.2, 0.25) is 5.02 Å². The average Bonchev–Trinajstić information content (AvgIpc) is 2.84. The van der Waals surface area contributed by atoms with Gasteiger partial charge in [0, 0.05) is 13.2 Å². The first-order valence-electron chi connectivity index (χ1n) is 5.17. The maximum absolute atomic E-state index is 11.7. The second kappa shape index (κ2) is 5.53. The van der Waals surface area contributed by atoms with Crippen molar-refractivity contribution in [2.75, 3.05) is 0 Å². The van der Waals surface area contributed by atoms with Crippen LogP contribution in [0.15, 0.2) is 23.1 Å². The molecule has 0 fully saturated rings. The molecule has 8 heteroatoms. The minimum absolute atomic E-state index is 0.136. The van der Waals surface area contributed by atoms with Crippen molar-refractivity contribution in [3.05, 3.63) is 33.8 Å². The van der Waals surface area contributed by atoms with Gasteiger partial charge in [0.15, 0.2) is 0 Å². The van der Waals surface area contributed by atoms with Crippen LogP contribution in [0.25, 0.3) is 0 Å². The van der Waals surface area contributed by atoms with Crippen LogP contribution in [0.3, 0.4) is 0 Å². The number of hydrogen-bond acceptors (Lipinski definition) is 3. The lowest BCUT2D eigenvalue weighted by molar-refractivity contribution is -0.122. The molecular formula is C10H11BrClN5O. The molecule has 6 nitrogen and oxygen atoms in total. The Balaban J connectivity index is 1.89. The molecule has 2 aromatic heterocycles. The summed E-state index contributed by atoms with van der Waals surface area (Å²) >= 11 is 9.08. The van der Waals surface area contributed by atoms with Crippen LogP contribution in [0.5, 0.6) is 0 Å². The Morgan fingerprint density at radius 2 is 2.28 bits per heavy atom. The summed E-state index contributed by atoms with van der Waals surface area (Å²) in [5.41, 5.74) is 0.904. The van der Waals surface area contributed by atoms with Gasteiger partial charge < -0.3 is 5.32 Å². The van der Waals surface area contributed by atoms with Crippen molar-refractivity contribution in [1.29, 1.82) is 0 Å². The van der Waals surface area contributed by atoms with Gasteiger partial charge in [-0.25, -0.2) is 0 Å². The Labute approximate surface area is 117 Å². The fourth-order valence-corrected chi connectivity index (χ4v) is 2.09. The minimum Gasteiger partial charge on any atom is -0.349 e. The van der Waals surface area contributed by atoms with E-state index in [1.54, 1.807) is 17.1 Å². The highest BCUT2D eigenvalue weighted by molar-refractivity contribution is 9.10. The highest BCUT2D eigenvalue weighted by Crippen LogP contribution is 2.14. The van der Waals surface area contributed by atoms with Crippen molar-refractivity contribution in [1.82, 2.24) is 24.9 Å². The number of carbonyl (C=O) groups is 1. The maximum Gasteiger partial charge on any atom is 0.242 e. The van der Waals surface area contributed by atoms with Crippen molar-refractivity contribution in [3.8, 4) is 0 Å². The molecule has 18 heavy (non-hydrogen) atoms. The first-order valence-corrected chi connectivity index (χ1v) is 6.34. The van der Waals surface area contributed by atoms with Crippen molar-refractivity contribution in [2.45, 2.75) is 13.1 Å². The molecule has 0 unspecified atom stereocenters. The molecule has 0 aliphatic heterocycles. The van der Waals surface area contributed by atoms with Gasteiger partial charge in [-0.1, -0.05) is 11.6 Å². The Hall–Kier alpha value is -1.34. The standard InChI is InChI=1S/C10H11BrClN5O/c1-16-9(8(11)3-14-16)4-13-10(18)6-17-5-7(12)2-15-17/h2-3,5H,4,6H2,1H3,(H,13,18). The van der Waals surface area contributed by atoms with E-state index < -0.39 is 0 Å². The predicted molar refractivity (Wildman–Crippen MR) is 70.0 cm³/mol. The highest BCUT2D eigenvalue weighted by atomic mass is 79.9. The van der Waals surface area contributed by atoms with E-state index in [9.17, 15) is 4.79 Å². The zero-order valence-corrected chi connectivity index (χ0v) is 11.9. The van der Waals surface area contributed by atoms with Gasteiger partial charge in [-0.05, 0) is 15.9 Å². The summed E-state index contributed by atoms with van der Waals surface area (Å²) in [6, 6.07) is 0. The molecule has 1 N–H and O–H groups in total. The van der Waals surface area contributed by atoms with Gasteiger partial charge in [0.05, 0.1) is 34.1 Å². The third-order valence-corrected chi connectivity index (χ3v) is 3.23. The van der Waals surface area contributed by atoms with E-state index in [1.165, 1.54) is 10.9 Å². The molecule has 0 aromatic carbocycles. The number of hydrogen-bond donors (Lipinski definition) is 1. The van der Waals surface area contributed by atoms with Crippen LogP contribution < -0.4 is 5.32 Å². The predicted octanol–water partition coefficient (Wildman–Crippen LogP) is 1.35. The maximum atomic E-state index is 11.7. The monoisotopic (exact) mass is 331 g/mol. The van der Waals surface area contributed by atoms with Crippen LogP contribution in [-0.4, -0.2) is 25.5 Å². The lowest BCUT2D eigenvalue weighted by atomic mass is 10.4. The van der Waals surface area contributed by atoms with E-state index in [2.05, 4.69) is 31.4 Å². The Morgan fingerprint density at radius 1 is 1.50 bits per heavy atom. The van der Waals surface area contributed by atoms with Crippen LogP contribution in [-0.2, 0) is 24.9 Å². The van der Waals surface area contributed by atoms with E-state index >= 15 is 0 Å². The van der Waals surface area contributed by atoms with Gasteiger partial charge in [-0.3, -0.25) is 14.2 Å². The minimum atomic E-state index is -0.136. The summed E-state index contributed by atoms with van der Waals surface area (Å²) in [6.45, 7) is 0.549. The fourth-order valence-electron chi connectivity index (χ4n) is 1.45. The summed E-state index contributed by atoms with van der Waals surface area (Å²) in [5, 5.41) is 11.3. The number of nitrogens with zero attached hydrogens (tertiary/aromatic N) is 4. The topological polar surface area (TPSA) is 64.7 Å². The number of halogens is 2.